The summed E-state index contributed by atoms with van der Waals surface area (Å²) in [6, 6.07) is 15.4. The highest BCUT2D eigenvalue weighted by molar-refractivity contribution is 5.83. The Labute approximate surface area is 153 Å². The first kappa shape index (κ1) is 18.0. The molecular weight excluding hydrogens is 330 g/mol. The van der Waals surface area contributed by atoms with Crippen LogP contribution in [0.2, 0.25) is 0 Å². The van der Waals surface area contributed by atoms with Gasteiger partial charge in [-0.3, -0.25) is 4.79 Å². The molecule has 1 atom stereocenters. The molecule has 136 valence electrons. The van der Waals surface area contributed by atoms with Crippen molar-refractivity contribution in [2.24, 2.45) is 0 Å². The average Bonchev–Trinajstić information content (AvgIpc) is 3.13. The molecule has 0 spiro atoms. The molecule has 0 radical (unpaired) electrons. The van der Waals surface area contributed by atoms with Gasteiger partial charge in [-0.25, -0.2) is 4.79 Å². The highest BCUT2D eigenvalue weighted by atomic mass is 16.6. The van der Waals surface area contributed by atoms with Gasteiger partial charge in [0.15, 0.2) is 12.7 Å². The minimum Gasteiger partial charge on any atom is -0.482 e. The van der Waals surface area contributed by atoms with Crippen LogP contribution in [-0.2, 0) is 33.7 Å². The Bertz CT molecular complexity index is 773. The summed E-state index contributed by atoms with van der Waals surface area (Å²) in [4.78, 5) is 23.9. The smallest absolute Gasteiger partial charge is 0.344 e. The monoisotopic (exact) mass is 353 g/mol. The zero-order valence-corrected chi connectivity index (χ0v) is 14.9. The predicted molar refractivity (Wildman–Crippen MR) is 97.8 cm³/mol. The van der Waals surface area contributed by atoms with E-state index in [1.165, 1.54) is 11.1 Å². The van der Waals surface area contributed by atoms with E-state index in [0.29, 0.717) is 12.3 Å². The predicted octanol–water partition coefficient (Wildman–Crippen LogP) is 2.80. The molecule has 0 aliphatic heterocycles. The average molecular weight is 353 g/mol. The van der Waals surface area contributed by atoms with E-state index in [4.69, 9.17) is 9.47 Å². The lowest BCUT2D eigenvalue weighted by atomic mass is 10.1. The molecule has 1 aliphatic carbocycles. The van der Waals surface area contributed by atoms with E-state index in [1.54, 1.807) is 6.92 Å². The Morgan fingerprint density at radius 2 is 1.85 bits per heavy atom. The maximum absolute atomic E-state index is 12.0. The Balaban J connectivity index is 1.41. The van der Waals surface area contributed by atoms with Crippen LogP contribution in [0.15, 0.2) is 48.5 Å². The van der Waals surface area contributed by atoms with Crippen LogP contribution < -0.4 is 10.1 Å². The third-order valence-corrected chi connectivity index (χ3v) is 4.41. The van der Waals surface area contributed by atoms with Crippen LogP contribution in [0.1, 0.15) is 30.0 Å². The second-order valence-electron chi connectivity index (χ2n) is 6.41. The van der Waals surface area contributed by atoms with Gasteiger partial charge in [0.25, 0.3) is 5.91 Å². The van der Waals surface area contributed by atoms with E-state index < -0.39 is 12.1 Å². The van der Waals surface area contributed by atoms with E-state index in [9.17, 15) is 9.59 Å². The van der Waals surface area contributed by atoms with Crippen LogP contribution in [0.4, 0.5) is 0 Å². The van der Waals surface area contributed by atoms with Crippen molar-refractivity contribution in [1.29, 1.82) is 0 Å². The van der Waals surface area contributed by atoms with Gasteiger partial charge in [0.1, 0.15) is 5.75 Å². The molecule has 3 rings (SSSR count). The van der Waals surface area contributed by atoms with Crippen LogP contribution in [0.3, 0.4) is 0 Å². The minimum atomic E-state index is -0.866. The number of carbonyl (C=O) groups excluding carboxylic acids is 2. The Kier molecular flexibility index (Phi) is 5.89. The lowest BCUT2D eigenvalue weighted by Gasteiger charge is -2.14. The number of amides is 1. The molecule has 26 heavy (non-hydrogen) atoms. The van der Waals surface area contributed by atoms with Gasteiger partial charge in [-0.15, -0.1) is 0 Å². The summed E-state index contributed by atoms with van der Waals surface area (Å²) >= 11 is 0. The van der Waals surface area contributed by atoms with Crippen LogP contribution in [0.5, 0.6) is 5.75 Å². The zero-order chi connectivity index (χ0) is 18.4. The largest absolute Gasteiger partial charge is 0.482 e. The van der Waals surface area contributed by atoms with Gasteiger partial charge in [0, 0.05) is 6.54 Å². The maximum Gasteiger partial charge on any atom is 0.344 e. The van der Waals surface area contributed by atoms with Gasteiger partial charge in [0.2, 0.25) is 0 Å². The topological polar surface area (TPSA) is 64.6 Å². The number of ether oxygens (including phenoxy) is 2. The summed E-state index contributed by atoms with van der Waals surface area (Å²) in [6.45, 7) is 1.73. The standard InChI is InChI=1S/C21H23NO4/c1-15(21(24)22-13-16-6-3-2-4-7-16)26-20(23)14-25-19-11-10-17-8-5-9-18(17)12-19/h2-4,6-7,10-12,15H,5,8-9,13-14H2,1H3,(H,22,24)/t15-/m0/s1. The molecule has 2 aromatic rings. The van der Waals surface area contributed by atoms with Crippen molar-refractivity contribution in [2.45, 2.75) is 38.8 Å². The third-order valence-electron chi connectivity index (χ3n) is 4.41. The molecule has 2 aromatic carbocycles. The van der Waals surface area contributed by atoms with Crippen LogP contribution in [0.25, 0.3) is 0 Å². The Morgan fingerprint density at radius 3 is 2.65 bits per heavy atom. The molecule has 5 heteroatoms. The lowest BCUT2D eigenvalue weighted by Crippen LogP contribution is -2.36. The van der Waals surface area contributed by atoms with E-state index in [-0.39, 0.29) is 12.5 Å². The molecule has 1 aliphatic rings. The van der Waals surface area contributed by atoms with Crippen molar-refractivity contribution in [3.8, 4) is 5.75 Å². The number of esters is 1. The number of hydrogen-bond donors (Lipinski definition) is 1. The lowest BCUT2D eigenvalue weighted by molar-refractivity contribution is -0.156. The van der Waals surface area contributed by atoms with E-state index >= 15 is 0 Å². The maximum atomic E-state index is 12.0. The van der Waals surface area contributed by atoms with Crippen molar-refractivity contribution in [1.82, 2.24) is 5.32 Å². The van der Waals surface area contributed by atoms with Gasteiger partial charge in [-0.1, -0.05) is 36.4 Å². The summed E-state index contributed by atoms with van der Waals surface area (Å²) in [5.74, 6) is -0.239. The first-order valence-electron chi connectivity index (χ1n) is 8.87. The highest BCUT2D eigenvalue weighted by Gasteiger charge is 2.18. The Hall–Kier alpha value is -2.82. The third kappa shape index (κ3) is 4.85. The number of fused-ring (bicyclic) bond motifs is 1. The van der Waals surface area contributed by atoms with E-state index in [0.717, 1.165) is 24.8 Å². The molecule has 0 aromatic heterocycles. The molecule has 0 unspecified atom stereocenters. The highest BCUT2D eigenvalue weighted by Crippen LogP contribution is 2.25. The normalized spacial score (nSPS) is 13.6. The van der Waals surface area contributed by atoms with Gasteiger partial charge in [-0.05, 0) is 55.0 Å². The quantitative estimate of drug-likeness (QED) is 0.778. The van der Waals surface area contributed by atoms with Crippen molar-refractivity contribution >= 4 is 11.9 Å². The van der Waals surface area contributed by atoms with Gasteiger partial charge in [0.05, 0.1) is 0 Å². The fraction of sp³-hybridized carbons (Fsp3) is 0.333. The molecule has 1 amide bonds. The van der Waals surface area contributed by atoms with Crippen LogP contribution in [-0.4, -0.2) is 24.6 Å². The van der Waals surface area contributed by atoms with Crippen LogP contribution >= 0.6 is 0 Å². The second kappa shape index (κ2) is 8.52. The van der Waals surface area contributed by atoms with Gasteiger partial charge >= 0.3 is 5.97 Å². The van der Waals surface area contributed by atoms with Crippen LogP contribution in [0, 0.1) is 0 Å². The van der Waals surface area contributed by atoms with E-state index in [2.05, 4.69) is 5.32 Å². The second-order valence-corrected chi connectivity index (χ2v) is 6.41. The summed E-state index contributed by atoms with van der Waals surface area (Å²) in [7, 11) is 0. The number of nitrogens with one attached hydrogen (secondary N) is 1. The number of benzene rings is 2. The summed E-state index contributed by atoms with van der Waals surface area (Å²) < 4.78 is 10.6. The van der Waals surface area contributed by atoms with E-state index in [1.807, 2.05) is 48.5 Å². The molecule has 0 saturated heterocycles. The molecule has 1 N–H and O–H groups in total. The first-order valence-corrected chi connectivity index (χ1v) is 8.87. The Morgan fingerprint density at radius 1 is 1.08 bits per heavy atom. The fourth-order valence-electron chi connectivity index (χ4n) is 2.99. The number of hydrogen-bond acceptors (Lipinski definition) is 4. The molecule has 0 bridgehead atoms. The molecule has 0 heterocycles. The zero-order valence-electron chi connectivity index (χ0n) is 14.9. The summed E-state index contributed by atoms with van der Waals surface area (Å²) in [5, 5.41) is 2.75. The molecule has 5 nitrogen and oxygen atoms in total. The van der Waals surface area contributed by atoms with Gasteiger partial charge in [-0.2, -0.15) is 0 Å². The van der Waals surface area contributed by atoms with Crippen molar-refractivity contribution in [2.75, 3.05) is 6.61 Å². The summed E-state index contributed by atoms with van der Waals surface area (Å²) in [5.41, 5.74) is 3.62. The molecule has 0 fully saturated rings. The van der Waals surface area contributed by atoms with Crippen molar-refractivity contribution in [3.05, 3.63) is 65.2 Å². The van der Waals surface area contributed by atoms with Gasteiger partial charge < -0.3 is 14.8 Å². The van der Waals surface area contributed by atoms with Crippen molar-refractivity contribution < 1.29 is 19.1 Å². The SMILES string of the molecule is C[C@H](OC(=O)COc1ccc2c(c1)CCC2)C(=O)NCc1ccccc1. The molecule has 0 saturated carbocycles. The minimum absolute atomic E-state index is 0.213. The summed E-state index contributed by atoms with van der Waals surface area (Å²) in [6.07, 6.45) is 2.45. The number of rotatable bonds is 7. The molecular formula is C21H23NO4. The number of carbonyl (C=O) groups is 2. The fourth-order valence-corrected chi connectivity index (χ4v) is 2.99. The first-order chi connectivity index (χ1) is 12.6. The number of aryl methyl sites for hydroxylation is 2. The van der Waals surface area contributed by atoms with Crippen molar-refractivity contribution in [3.63, 3.8) is 0 Å².